The van der Waals surface area contributed by atoms with Gasteiger partial charge in [0.25, 0.3) is 0 Å². The Hall–Kier alpha value is -1.59. The van der Waals surface area contributed by atoms with Crippen LogP contribution in [0.4, 0.5) is 5.69 Å². The third-order valence-corrected chi connectivity index (χ3v) is 3.24. The molecule has 0 unspecified atom stereocenters. The van der Waals surface area contributed by atoms with Crippen molar-refractivity contribution in [1.82, 2.24) is 4.90 Å². The standard InChI is InChI=1S/C16H26N2O3.ClH.H2O4S/c1-4-10-20-15-8-7-13(12-14(15)17)16(19)21-11-9-18(5-2)6-3;;1-5(2,3)4/h7-8,12H,4-6,9-11,17H2,1-3H3;1H;(H2,1,2,3,4). The number of likely N-dealkylation sites (N-methyl/N-ethyl adjacent to an activating group) is 1. The van der Waals surface area contributed by atoms with Gasteiger partial charge < -0.3 is 20.1 Å². The molecule has 0 saturated carbocycles. The van der Waals surface area contributed by atoms with Gasteiger partial charge in [-0.2, -0.15) is 8.42 Å². The Labute approximate surface area is 166 Å². The molecular weight excluding hydrogens is 400 g/mol. The topological polar surface area (TPSA) is 139 Å². The summed E-state index contributed by atoms with van der Waals surface area (Å²) in [7, 11) is -4.67. The number of esters is 1. The number of hydrogen-bond acceptors (Lipinski definition) is 7. The van der Waals surface area contributed by atoms with Crippen molar-refractivity contribution in [3.8, 4) is 5.75 Å². The largest absolute Gasteiger partial charge is 0.491 e. The van der Waals surface area contributed by atoms with E-state index in [2.05, 4.69) is 18.7 Å². The first-order chi connectivity index (χ1) is 12.1. The summed E-state index contributed by atoms with van der Waals surface area (Å²) in [4.78, 5) is 14.1. The van der Waals surface area contributed by atoms with Gasteiger partial charge in [-0.25, -0.2) is 4.79 Å². The Morgan fingerprint density at radius 3 is 2.15 bits per heavy atom. The molecule has 0 atom stereocenters. The molecule has 0 heterocycles. The predicted octanol–water partition coefficient (Wildman–Crippen LogP) is 2.33. The summed E-state index contributed by atoms with van der Waals surface area (Å²) >= 11 is 0. The van der Waals surface area contributed by atoms with Crippen LogP contribution in [0.15, 0.2) is 18.2 Å². The minimum atomic E-state index is -4.67. The molecule has 1 rings (SSSR count). The summed E-state index contributed by atoms with van der Waals surface area (Å²) in [5.41, 5.74) is 6.79. The van der Waals surface area contributed by atoms with E-state index in [4.69, 9.17) is 32.7 Å². The third-order valence-electron chi connectivity index (χ3n) is 3.24. The molecule has 0 fully saturated rings. The maximum absolute atomic E-state index is 11.9. The normalized spacial score (nSPS) is 10.4. The fraction of sp³-hybridized carbons (Fsp3) is 0.562. The number of carbonyl (C=O) groups excluding carboxylic acids is 1. The molecule has 0 aliphatic carbocycles. The molecule has 158 valence electrons. The molecule has 0 radical (unpaired) electrons. The molecule has 0 aliphatic heterocycles. The molecule has 9 nitrogen and oxygen atoms in total. The molecule has 27 heavy (non-hydrogen) atoms. The number of carbonyl (C=O) groups is 1. The van der Waals surface area contributed by atoms with Crippen LogP contribution in [0, 0.1) is 0 Å². The van der Waals surface area contributed by atoms with E-state index in [9.17, 15) is 4.79 Å². The molecule has 0 spiro atoms. The zero-order valence-electron chi connectivity index (χ0n) is 15.8. The van der Waals surface area contributed by atoms with E-state index in [1.807, 2.05) is 6.92 Å². The zero-order chi connectivity index (χ0) is 20.2. The summed E-state index contributed by atoms with van der Waals surface area (Å²) in [6.45, 7) is 9.83. The van der Waals surface area contributed by atoms with Gasteiger partial charge in [0.15, 0.2) is 0 Å². The number of ether oxygens (including phenoxy) is 2. The first-order valence-corrected chi connectivity index (χ1v) is 9.63. The van der Waals surface area contributed by atoms with E-state index >= 15 is 0 Å². The lowest BCUT2D eigenvalue weighted by Crippen LogP contribution is -2.27. The van der Waals surface area contributed by atoms with Crippen LogP contribution >= 0.6 is 12.4 Å². The van der Waals surface area contributed by atoms with Crippen molar-refractivity contribution in [3.05, 3.63) is 23.8 Å². The fourth-order valence-electron chi connectivity index (χ4n) is 1.91. The number of hydrogen-bond donors (Lipinski definition) is 3. The van der Waals surface area contributed by atoms with Crippen molar-refractivity contribution in [2.75, 3.05) is 38.6 Å². The zero-order valence-corrected chi connectivity index (χ0v) is 17.4. The Kier molecular flexibility index (Phi) is 14.8. The first kappa shape index (κ1) is 27.6. The SMILES string of the molecule is CCCOc1ccc(C(=O)OCCN(CC)CC)cc1N.Cl.O=S(=O)(O)O. The highest BCUT2D eigenvalue weighted by atomic mass is 35.5. The highest BCUT2D eigenvalue weighted by Gasteiger charge is 2.10. The van der Waals surface area contributed by atoms with Gasteiger partial charge in [0.2, 0.25) is 0 Å². The number of halogens is 1. The van der Waals surface area contributed by atoms with Crippen LogP contribution in [0.5, 0.6) is 5.75 Å². The van der Waals surface area contributed by atoms with Gasteiger partial charge >= 0.3 is 16.4 Å². The van der Waals surface area contributed by atoms with Crippen molar-refractivity contribution in [1.29, 1.82) is 0 Å². The molecule has 0 aliphatic rings. The average molecular weight is 429 g/mol. The second-order valence-electron chi connectivity index (χ2n) is 5.21. The van der Waals surface area contributed by atoms with E-state index < -0.39 is 10.4 Å². The lowest BCUT2D eigenvalue weighted by Gasteiger charge is -2.17. The maximum atomic E-state index is 11.9. The number of benzene rings is 1. The van der Waals surface area contributed by atoms with E-state index in [0.29, 0.717) is 30.2 Å². The van der Waals surface area contributed by atoms with Crippen molar-refractivity contribution < 1.29 is 31.8 Å². The molecule has 0 aromatic heterocycles. The summed E-state index contributed by atoms with van der Waals surface area (Å²) < 4.78 is 42.3. The Morgan fingerprint density at radius 1 is 1.15 bits per heavy atom. The summed E-state index contributed by atoms with van der Waals surface area (Å²) in [6, 6.07) is 5.00. The van der Waals surface area contributed by atoms with Crippen molar-refractivity contribution in [2.45, 2.75) is 27.2 Å². The first-order valence-electron chi connectivity index (χ1n) is 8.23. The fourth-order valence-corrected chi connectivity index (χ4v) is 1.91. The van der Waals surface area contributed by atoms with Crippen LogP contribution < -0.4 is 10.5 Å². The second kappa shape index (κ2) is 14.5. The second-order valence-corrected chi connectivity index (χ2v) is 6.11. The summed E-state index contributed by atoms with van der Waals surface area (Å²) in [5.74, 6) is 0.257. The van der Waals surface area contributed by atoms with E-state index in [0.717, 1.165) is 26.1 Å². The quantitative estimate of drug-likeness (QED) is 0.307. The lowest BCUT2D eigenvalue weighted by atomic mass is 10.2. The molecule has 1 aromatic carbocycles. The highest BCUT2D eigenvalue weighted by Crippen LogP contribution is 2.23. The van der Waals surface area contributed by atoms with Crippen LogP contribution in [0.3, 0.4) is 0 Å². The van der Waals surface area contributed by atoms with E-state index in [1.54, 1.807) is 18.2 Å². The number of rotatable bonds is 9. The van der Waals surface area contributed by atoms with E-state index in [1.165, 1.54) is 0 Å². The van der Waals surface area contributed by atoms with E-state index in [-0.39, 0.29) is 18.4 Å². The smallest absolute Gasteiger partial charge is 0.394 e. The van der Waals surface area contributed by atoms with Gasteiger partial charge in [-0.05, 0) is 37.7 Å². The van der Waals surface area contributed by atoms with Crippen LogP contribution in [-0.2, 0) is 15.1 Å². The number of anilines is 1. The van der Waals surface area contributed by atoms with Crippen molar-refractivity contribution in [3.63, 3.8) is 0 Å². The molecule has 0 amide bonds. The summed E-state index contributed by atoms with van der Waals surface area (Å²) in [6.07, 6.45) is 0.911. The van der Waals surface area contributed by atoms with Gasteiger partial charge in [-0.15, -0.1) is 12.4 Å². The monoisotopic (exact) mass is 428 g/mol. The number of nitrogens with two attached hydrogens (primary N) is 1. The average Bonchev–Trinajstić information content (AvgIpc) is 2.56. The van der Waals surface area contributed by atoms with Crippen molar-refractivity contribution in [2.24, 2.45) is 0 Å². The van der Waals surface area contributed by atoms with Crippen LogP contribution in [0.1, 0.15) is 37.6 Å². The number of nitrogens with zero attached hydrogens (tertiary/aromatic N) is 1. The van der Waals surface area contributed by atoms with Gasteiger partial charge in [0.05, 0.1) is 17.9 Å². The van der Waals surface area contributed by atoms with Crippen molar-refractivity contribution >= 4 is 34.5 Å². The third kappa shape index (κ3) is 14.2. The number of nitrogen functional groups attached to an aromatic ring is 1. The van der Waals surface area contributed by atoms with Crippen LogP contribution in [0.25, 0.3) is 0 Å². The predicted molar refractivity (Wildman–Crippen MR) is 106 cm³/mol. The van der Waals surface area contributed by atoms with Gasteiger partial charge in [0, 0.05) is 6.54 Å². The highest BCUT2D eigenvalue weighted by molar-refractivity contribution is 7.79. The molecule has 11 heteroatoms. The van der Waals surface area contributed by atoms with Gasteiger partial charge in [-0.1, -0.05) is 20.8 Å². The van der Waals surface area contributed by atoms with Crippen LogP contribution in [0.2, 0.25) is 0 Å². The lowest BCUT2D eigenvalue weighted by molar-refractivity contribution is 0.0466. The molecular formula is C16H29ClN2O7S. The van der Waals surface area contributed by atoms with Crippen LogP contribution in [-0.4, -0.2) is 61.2 Å². The Bertz CT molecular complexity index is 644. The minimum absolute atomic E-state index is 0. The molecule has 0 saturated heterocycles. The summed E-state index contributed by atoms with van der Waals surface area (Å²) in [5, 5.41) is 0. The minimum Gasteiger partial charge on any atom is -0.491 e. The molecule has 1 aromatic rings. The maximum Gasteiger partial charge on any atom is 0.394 e. The molecule has 0 bridgehead atoms. The Morgan fingerprint density at radius 2 is 1.70 bits per heavy atom. The molecule has 4 N–H and O–H groups in total. The van der Waals surface area contributed by atoms with Gasteiger partial charge in [-0.3, -0.25) is 9.11 Å². The van der Waals surface area contributed by atoms with Gasteiger partial charge in [0.1, 0.15) is 12.4 Å². The Balaban J connectivity index is 0.